The van der Waals surface area contributed by atoms with Gasteiger partial charge in [-0.15, -0.1) is 0 Å². The third kappa shape index (κ3) is 3.69. The van der Waals surface area contributed by atoms with Gasteiger partial charge in [0.15, 0.2) is 0 Å². The van der Waals surface area contributed by atoms with Crippen LogP contribution >= 0.6 is 0 Å². The van der Waals surface area contributed by atoms with E-state index in [-0.39, 0.29) is 11.8 Å². The second kappa shape index (κ2) is 6.67. The van der Waals surface area contributed by atoms with Gasteiger partial charge in [-0.05, 0) is 46.5 Å². The van der Waals surface area contributed by atoms with Crippen molar-refractivity contribution >= 4 is 11.7 Å². The summed E-state index contributed by atoms with van der Waals surface area (Å²) in [5, 5.41) is 0. The second-order valence-electron chi connectivity index (χ2n) is 7.70. The Morgan fingerprint density at radius 2 is 1.92 bits per heavy atom. The van der Waals surface area contributed by atoms with Crippen LogP contribution in [0.4, 0.5) is 5.82 Å². The van der Waals surface area contributed by atoms with Gasteiger partial charge in [-0.25, -0.2) is 9.97 Å². The summed E-state index contributed by atoms with van der Waals surface area (Å²) in [5.41, 5.74) is 6.25. The molecule has 0 spiro atoms. The number of rotatable bonds is 3. The SMILES string of the molecule is Cc1nc([C@@H]2CCCN(C(=O)C(C)(C)N)C2)cc(N2CCCC2)n1. The summed E-state index contributed by atoms with van der Waals surface area (Å²) in [5.74, 6) is 2.15. The first kappa shape index (κ1) is 17.1. The molecule has 3 rings (SSSR count). The average Bonchev–Trinajstić information content (AvgIpc) is 3.07. The lowest BCUT2D eigenvalue weighted by Crippen LogP contribution is -2.53. The Morgan fingerprint density at radius 3 is 2.58 bits per heavy atom. The fraction of sp³-hybridized carbons (Fsp3) is 0.722. The van der Waals surface area contributed by atoms with Gasteiger partial charge >= 0.3 is 0 Å². The van der Waals surface area contributed by atoms with Crippen molar-refractivity contribution < 1.29 is 4.79 Å². The molecule has 1 aromatic heterocycles. The number of nitrogens with two attached hydrogens (primary N) is 1. The zero-order valence-corrected chi connectivity index (χ0v) is 15.1. The summed E-state index contributed by atoms with van der Waals surface area (Å²) in [6.45, 7) is 9.16. The Labute approximate surface area is 144 Å². The normalized spacial score (nSPS) is 22.1. The quantitative estimate of drug-likeness (QED) is 0.914. The number of nitrogens with zero attached hydrogens (tertiary/aromatic N) is 4. The van der Waals surface area contributed by atoms with E-state index in [4.69, 9.17) is 5.73 Å². The van der Waals surface area contributed by atoms with Crippen LogP contribution in [0, 0.1) is 6.92 Å². The first-order valence-electron chi connectivity index (χ1n) is 9.03. The molecule has 2 aliphatic heterocycles. The molecule has 132 valence electrons. The standard InChI is InChI=1S/C18H29N5O/c1-13-20-15(11-16(21-13)22-8-4-5-9-22)14-7-6-10-23(12-14)17(24)18(2,3)19/h11,14H,4-10,12,19H2,1-3H3/t14-/m1/s1. The van der Waals surface area contributed by atoms with E-state index < -0.39 is 5.54 Å². The van der Waals surface area contributed by atoms with Gasteiger partial charge in [0, 0.05) is 38.2 Å². The van der Waals surface area contributed by atoms with Crippen LogP contribution in [0.5, 0.6) is 0 Å². The molecule has 0 bridgehead atoms. The first-order valence-corrected chi connectivity index (χ1v) is 9.03. The number of carbonyl (C=O) groups excluding carboxylic acids is 1. The molecule has 0 aliphatic carbocycles. The van der Waals surface area contributed by atoms with Gasteiger partial charge < -0.3 is 15.5 Å². The highest BCUT2D eigenvalue weighted by Crippen LogP contribution is 2.29. The highest BCUT2D eigenvalue weighted by atomic mass is 16.2. The third-order valence-electron chi connectivity index (χ3n) is 4.95. The smallest absolute Gasteiger partial charge is 0.242 e. The maximum Gasteiger partial charge on any atom is 0.242 e. The minimum atomic E-state index is -0.815. The van der Waals surface area contributed by atoms with Crippen LogP contribution in [0.2, 0.25) is 0 Å². The van der Waals surface area contributed by atoms with Crippen molar-refractivity contribution in [2.45, 2.75) is 57.9 Å². The van der Waals surface area contributed by atoms with Crippen molar-refractivity contribution in [1.82, 2.24) is 14.9 Å². The van der Waals surface area contributed by atoms with Crippen LogP contribution in [-0.4, -0.2) is 52.5 Å². The minimum absolute atomic E-state index is 0.0257. The van der Waals surface area contributed by atoms with Gasteiger partial charge in [-0.2, -0.15) is 0 Å². The van der Waals surface area contributed by atoms with Crippen molar-refractivity contribution in [2.24, 2.45) is 5.73 Å². The molecule has 0 saturated carbocycles. The number of anilines is 1. The van der Waals surface area contributed by atoms with Gasteiger partial charge in [0.05, 0.1) is 11.2 Å². The number of likely N-dealkylation sites (tertiary alicyclic amines) is 1. The molecular weight excluding hydrogens is 302 g/mol. The predicted octanol–water partition coefficient (Wildman–Crippen LogP) is 1.83. The lowest BCUT2D eigenvalue weighted by Gasteiger charge is -2.36. The molecule has 3 heterocycles. The van der Waals surface area contributed by atoms with Gasteiger partial charge in [-0.1, -0.05) is 0 Å². The Kier molecular flexibility index (Phi) is 4.76. The van der Waals surface area contributed by atoms with E-state index in [1.54, 1.807) is 13.8 Å². The van der Waals surface area contributed by atoms with E-state index >= 15 is 0 Å². The molecule has 0 unspecified atom stereocenters. The van der Waals surface area contributed by atoms with Crippen LogP contribution in [0.3, 0.4) is 0 Å². The van der Waals surface area contributed by atoms with Crippen molar-refractivity contribution in [3.05, 3.63) is 17.6 Å². The van der Waals surface area contributed by atoms with E-state index in [0.717, 1.165) is 49.8 Å². The Morgan fingerprint density at radius 1 is 1.21 bits per heavy atom. The summed E-state index contributed by atoms with van der Waals surface area (Å²) in [4.78, 5) is 26.0. The van der Waals surface area contributed by atoms with E-state index in [1.807, 2.05) is 11.8 Å². The molecule has 2 saturated heterocycles. The molecule has 1 amide bonds. The Balaban J connectivity index is 1.79. The molecular formula is C18H29N5O. The van der Waals surface area contributed by atoms with Gasteiger partial charge in [0.2, 0.25) is 5.91 Å². The second-order valence-corrected chi connectivity index (χ2v) is 7.70. The molecule has 1 aromatic rings. The summed E-state index contributed by atoms with van der Waals surface area (Å²) >= 11 is 0. The molecule has 2 N–H and O–H groups in total. The van der Waals surface area contributed by atoms with Crippen molar-refractivity contribution in [2.75, 3.05) is 31.1 Å². The highest BCUT2D eigenvalue weighted by molar-refractivity contribution is 5.85. The van der Waals surface area contributed by atoms with Gasteiger partial charge in [-0.3, -0.25) is 4.79 Å². The monoisotopic (exact) mass is 331 g/mol. The van der Waals surface area contributed by atoms with Crippen LogP contribution in [-0.2, 0) is 4.79 Å². The molecule has 2 aliphatic rings. The molecule has 6 nitrogen and oxygen atoms in total. The van der Waals surface area contributed by atoms with Crippen LogP contribution in [0.25, 0.3) is 0 Å². The first-order chi connectivity index (χ1) is 11.3. The van der Waals surface area contributed by atoms with Gasteiger partial charge in [0.1, 0.15) is 11.6 Å². The fourth-order valence-electron chi connectivity index (χ4n) is 3.70. The highest BCUT2D eigenvalue weighted by Gasteiger charge is 2.32. The van der Waals surface area contributed by atoms with Gasteiger partial charge in [0.25, 0.3) is 0 Å². The van der Waals surface area contributed by atoms with E-state index in [0.29, 0.717) is 6.54 Å². The summed E-state index contributed by atoms with van der Waals surface area (Å²) in [6.07, 6.45) is 4.52. The lowest BCUT2D eigenvalue weighted by molar-refractivity contribution is -0.137. The molecule has 0 radical (unpaired) electrons. The zero-order chi connectivity index (χ0) is 17.3. The third-order valence-corrected chi connectivity index (χ3v) is 4.95. The minimum Gasteiger partial charge on any atom is -0.357 e. The molecule has 24 heavy (non-hydrogen) atoms. The average molecular weight is 331 g/mol. The molecule has 1 atom stereocenters. The van der Waals surface area contributed by atoms with Crippen molar-refractivity contribution in [1.29, 1.82) is 0 Å². The largest absolute Gasteiger partial charge is 0.357 e. The molecule has 6 heteroatoms. The van der Waals surface area contributed by atoms with Crippen molar-refractivity contribution in [3.8, 4) is 0 Å². The summed E-state index contributed by atoms with van der Waals surface area (Å²) in [7, 11) is 0. The van der Waals surface area contributed by atoms with E-state index in [9.17, 15) is 4.79 Å². The maximum absolute atomic E-state index is 12.5. The molecule has 0 aromatic carbocycles. The topological polar surface area (TPSA) is 75.3 Å². The zero-order valence-electron chi connectivity index (χ0n) is 15.1. The number of hydrogen-bond donors (Lipinski definition) is 1. The fourth-order valence-corrected chi connectivity index (χ4v) is 3.70. The molecule has 2 fully saturated rings. The Bertz CT molecular complexity index is 604. The lowest BCUT2D eigenvalue weighted by atomic mass is 9.92. The number of piperidine rings is 1. The maximum atomic E-state index is 12.5. The van der Waals surface area contributed by atoms with E-state index in [2.05, 4.69) is 20.9 Å². The predicted molar refractivity (Wildman–Crippen MR) is 95.0 cm³/mol. The van der Waals surface area contributed by atoms with Crippen LogP contribution < -0.4 is 10.6 Å². The number of carbonyl (C=O) groups is 1. The number of aromatic nitrogens is 2. The Hall–Kier alpha value is -1.69. The number of hydrogen-bond acceptors (Lipinski definition) is 5. The number of aryl methyl sites for hydroxylation is 1. The summed E-state index contributed by atoms with van der Waals surface area (Å²) in [6, 6.07) is 2.13. The van der Waals surface area contributed by atoms with E-state index in [1.165, 1.54) is 12.8 Å². The summed E-state index contributed by atoms with van der Waals surface area (Å²) < 4.78 is 0. The van der Waals surface area contributed by atoms with Crippen LogP contribution in [0.1, 0.15) is 57.0 Å². The number of amides is 1. The van der Waals surface area contributed by atoms with Crippen LogP contribution in [0.15, 0.2) is 6.07 Å². The van der Waals surface area contributed by atoms with Crippen molar-refractivity contribution in [3.63, 3.8) is 0 Å².